The van der Waals surface area contributed by atoms with Crippen LogP contribution in [0.5, 0.6) is 0 Å². The smallest absolute Gasteiger partial charge is 0.258 e. The summed E-state index contributed by atoms with van der Waals surface area (Å²) in [6.07, 6.45) is 1.40. The molecule has 0 aliphatic carbocycles. The molecule has 0 bridgehead atoms. The zero-order valence-electron chi connectivity index (χ0n) is 11.3. The first-order valence-electron chi connectivity index (χ1n) is 6.77. The zero-order chi connectivity index (χ0) is 14.9. The Morgan fingerprint density at radius 1 is 1.38 bits per heavy atom. The first-order chi connectivity index (χ1) is 10.1. The molecule has 2 heterocycles. The maximum absolute atomic E-state index is 13.0. The van der Waals surface area contributed by atoms with Gasteiger partial charge in [-0.25, -0.2) is 4.39 Å². The molecule has 112 valence electrons. The van der Waals surface area contributed by atoms with E-state index in [0.717, 1.165) is 0 Å². The van der Waals surface area contributed by atoms with Crippen LogP contribution in [0.2, 0.25) is 5.02 Å². The van der Waals surface area contributed by atoms with Gasteiger partial charge in [-0.05, 0) is 43.6 Å². The van der Waals surface area contributed by atoms with Crippen molar-refractivity contribution in [2.24, 2.45) is 0 Å². The van der Waals surface area contributed by atoms with Crippen LogP contribution in [0.15, 0.2) is 22.7 Å². The van der Waals surface area contributed by atoms with E-state index < -0.39 is 5.60 Å². The molecule has 0 unspecified atom stereocenters. The largest absolute Gasteiger partial charge is 0.380 e. The maximum atomic E-state index is 13.0. The van der Waals surface area contributed by atoms with Crippen molar-refractivity contribution in [1.82, 2.24) is 15.5 Å². The van der Waals surface area contributed by atoms with Gasteiger partial charge in [0, 0.05) is 11.4 Å². The molecule has 7 heteroatoms. The van der Waals surface area contributed by atoms with Gasteiger partial charge in [-0.3, -0.25) is 0 Å². The van der Waals surface area contributed by atoms with Crippen LogP contribution in [0.3, 0.4) is 0 Å². The summed E-state index contributed by atoms with van der Waals surface area (Å²) in [7, 11) is 0. The Kier molecular flexibility index (Phi) is 3.93. The van der Waals surface area contributed by atoms with Crippen molar-refractivity contribution in [3.05, 3.63) is 46.3 Å². The number of piperidine rings is 1. The lowest BCUT2D eigenvalue weighted by Gasteiger charge is -2.28. The predicted octanol–water partition coefficient (Wildman–Crippen LogP) is 2.02. The molecule has 0 radical (unpaired) electrons. The number of aromatic nitrogens is 2. The summed E-state index contributed by atoms with van der Waals surface area (Å²) >= 11 is 5.98. The average molecular weight is 312 g/mol. The van der Waals surface area contributed by atoms with E-state index in [2.05, 4.69) is 15.5 Å². The number of nitrogens with zero attached hydrogens (tertiary/aromatic N) is 2. The summed E-state index contributed by atoms with van der Waals surface area (Å²) in [4.78, 5) is 4.26. The van der Waals surface area contributed by atoms with Crippen molar-refractivity contribution >= 4 is 11.6 Å². The van der Waals surface area contributed by atoms with E-state index in [0.29, 0.717) is 48.8 Å². The lowest BCUT2D eigenvalue weighted by Crippen LogP contribution is -2.39. The number of aliphatic hydroxyl groups is 1. The number of nitrogens with one attached hydrogen (secondary N) is 1. The Balaban J connectivity index is 1.78. The fraction of sp³-hybridized carbons (Fsp3) is 0.429. The summed E-state index contributed by atoms with van der Waals surface area (Å²) in [6.45, 7) is 1.41. The Hall–Kier alpha value is -1.50. The van der Waals surface area contributed by atoms with Gasteiger partial charge in [0.25, 0.3) is 5.89 Å². The van der Waals surface area contributed by atoms with E-state index in [-0.39, 0.29) is 11.7 Å². The normalized spacial score (nSPS) is 17.9. The quantitative estimate of drug-likeness (QED) is 0.907. The van der Waals surface area contributed by atoms with E-state index in [1.165, 1.54) is 12.1 Å². The highest BCUT2D eigenvalue weighted by atomic mass is 35.5. The van der Waals surface area contributed by atoms with Crippen molar-refractivity contribution < 1.29 is 14.0 Å². The second kappa shape index (κ2) is 5.71. The third-order valence-corrected chi connectivity index (χ3v) is 4.01. The zero-order valence-corrected chi connectivity index (χ0v) is 12.0. The second-order valence-corrected chi connectivity index (χ2v) is 5.62. The summed E-state index contributed by atoms with van der Waals surface area (Å²) in [5, 5.41) is 17.9. The first-order valence-corrected chi connectivity index (χ1v) is 7.15. The minimum Gasteiger partial charge on any atom is -0.380 e. The molecule has 1 aliphatic rings. The van der Waals surface area contributed by atoms with Gasteiger partial charge in [0.05, 0.1) is 0 Å². The van der Waals surface area contributed by atoms with Crippen molar-refractivity contribution in [3.8, 4) is 0 Å². The van der Waals surface area contributed by atoms with Crippen molar-refractivity contribution in [1.29, 1.82) is 0 Å². The number of halogens is 2. The Morgan fingerprint density at radius 2 is 2.14 bits per heavy atom. The number of hydrogen-bond acceptors (Lipinski definition) is 5. The maximum Gasteiger partial charge on any atom is 0.258 e. The SMILES string of the molecule is OC1(c2nc(Cc3ccc(F)cc3Cl)no2)CCNCC1. The summed E-state index contributed by atoms with van der Waals surface area (Å²) in [5.41, 5.74) is -0.356. The molecule has 1 fully saturated rings. The average Bonchev–Trinajstić information content (AvgIpc) is 2.92. The Morgan fingerprint density at radius 3 is 2.86 bits per heavy atom. The van der Waals surface area contributed by atoms with E-state index in [4.69, 9.17) is 16.1 Å². The molecule has 2 aromatic rings. The van der Waals surface area contributed by atoms with Gasteiger partial charge in [-0.1, -0.05) is 22.8 Å². The van der Waals surface area contributed by atoms with Crippen LogP contribution in [-0.4, -0.2) is 28.3 Å². The lowest BCUT2D eigenvalue weighted by molar-refractivity contribution is -0.0228. The van der Waals surface area contributed by atoms with Gasteiger partial charge in [0.2, 0.25) is 0 Å². The van der Waals surface area contributed by atoms with Gasteiger partial charge in [-0.2, -0.15) is 4.98 Å². The highest BCUT2D eigenvalue weighted by Gasteiger charge is 2.36. The molecule has 1 aromatic heterocycles. The lowest BCUT2D eigenvalue weighted by atomic mass is 9.92. The molecule has 1 aromatic carbocycles. The Labute approximate surface area is 126 Å². The van der Waals surface area contributed by atoms with Gasteiger partial charge >= 0.3 is 0 Å². The van der Waals surface area contributed by atoms with Gasteiger partial charge < -0.3 is 14.9 Å². The molecular formula is C14H15ClFN3O2. The number of rotatable bonds is 3. The van der Waals surface area contributed by atoms with E-state index in [9.17, 15) is 9.50 Å². The van der Waals surface area contributed by atoms with Crippen LogP contribution >= 0.6 is 11.6 Å². The number of benzene rings is 1. The standard InChI is InChI=1S/C14H15ClFN3O2/c15-11-8-10(16)2-1-9(11)7-12-18-13(21-19-12)14(20)3-5-17-6-4-14/h1-2,8,17,20H,3-7H2. The van der Waals surface area contributed by atoms with E-state index >= 15 is 0 Å². The summed E-state index contributed by atoms with van der Waals surface area (Å²) < 4.78 is 18.2. The molecule has 0 spiro atoms. The molecule has 21 heavy (non-hydrogen) atoms. The van der Waals surface area contributed by atoms with Crippen LogP contribution in [0, 0.1) is 5.82 Å². The van der Waals surface area contributed by atoms with Crippen LogP contribution in [0.1, 0.15) is 30.1 Å². The fourth-order valence-corrected chi connectivity index (χ4v) is 2.64. The minimum atomic E-state index is -1.07. The molecule has 1 saturated heterocycles. The van der Waals surface area contributed by atoms with Crippen LogP contribution in [0.25, 0.3) is 0 Å². The molecule has 5 nitrogen and oxygen atoms in total. The Bertz CT molecular complexity index is 641. The van der Waals surface area contributed by atoms with Gasteiger partial charge in [-0.15, -0.1) is 0 Å². The van der Waals surface area contributed by atoms with Crippen molar-refractivity contribution in [2.75, 3.05) is 13.1 Å². The first kappa shape index (κ1) is 14.4. The molecule has 0 saturated carbocycles. The molecular weight excluding hydrogens is 297 g/mol. The molecule has 2 N–H and O–H groups in total. The summed E-state index contributed by atoms with van der Waals surface area (Å²) in [6, 6.07) is 4.17. The molecule has 3 rings (SSSR count). The molecule has 0 amide bonds. The highest BCUT2D eigenvalue weighted by molar-refractivity contribution is 6.31. The van der Waals surface area contributed by atoms with Gasteiger partial charge in [0.1, 0.15) is 11.4 Å². The van der Waals surface area contributed by atoms with Crippen LogP contribution in [-0.2, 0) is 12.0 Å². The third kappa shape index (κ3) is 3.07. The molecule has 1 aliphatic heterocycles. The highest BCUT2D eigenvalue weighted by Crippen LogP contribution is 2.29. The van der Waals surface area contributed by atoms with Crippen LogP contribution < -0.4 is 5.32 Å². The van der Waals surface area contributed by atoms with Crippen molar-refractivity contribution in [2.45, 2.75) is 24.9 Å². The number of hydrogen-bond donors (Lipinski definition) is 2. The van der Waals surface area contributed by atoms with E-state index in [1.807, 2.05) is 0 Å². The summed E-state index contributed by atoms with van der Waals surface area (Å²) in [5.74, 6) is 0.268. The van der Waals surface area contributed by atoms with Gasteiger partial charge in [0.15, 0.2) is 5.82 Å². The predicted molar refractivity (Wildman–Crippen MR) is 74.5 cm³/mol. The van der Waals surface area contributed by atoms with E-state index in [1.54, 1.807) is 6.07 Å². The van der Waals surface area contributed by atoms with Crippen LogP contribution in [0.4, 0.5) is 4.39 Å². The third-order valence-electron chi connectivity index (χ3n) is 3.66. The van der Waals surface area contributed by atoms with Crippen molar-refractivity contribution in [3.63, 3.8) is 0 Å². The minimum absolute atomic E-state index is 0.234. The fourth-order valence-electron chi connectivity index (χ4n) is 2.40. The topological polar surface area (TPSA) is 71.2 Å². The second-order valence-electron chi connectivity index (χ2n) is 5.21. The monoisotopic (exact) mass is 311 g/mol. The molecule has 0 atom stereocenters.